The third kappa shape index (κ3) is 5.79. The van der Waals surface area contributed by atoms with Gasteiger partial charge in [0.1, 0.15) is 9.90 Å². The molecule has 1 aliphatic heterocycles. The summed E-state index contributed by atoms with van der Waals surface area (Å²) in [6.45, 7) is 15.3. The molecular weight excluding hydrogens is 494 g/mol. The number of fused-ring (bicyclic) bond motifs is 1. The quantitative estimate of drug-likeness (QED) is 0.317. The van der Waals surface area contributed by atoms with Gasteiger partial charge in [-0.25, -0.2) is 9.97 Å². The van der Waals surface area contributed by atoms with E-state index in [9.17, 15) is 4.79 Å². The van der Waals surface area contributed by atoms with Crippen LogP contribution in [0.5, 0.6) is 0 Å². The first kappa shape index (κ1) is 26.3. The van der Waals surface area contributed by atoms with Gasteiger partial charge < -0.3 is 21.3 Å². The molecule has 1 aromatic carbocycles. The number of thiazole rings is 1. The summed E-state index contributed by atoms with van der Waals surface area (Å²) in [4.78, 5) is 26.6. The van der Waals surface area contributed by atoms with Crippen LogP contribution in [0.25, 0.3) is 0 Å². The van der Waals surface area contributed by atoms with Gasteiger partial charge in [-0.1, -0.05) is 49.8 Å². The summed E-state index contributed by atoms with van der Waals surface area (Å²) in [5.74, 6) is 0.478. The number of anilines is 4. The summed E-state index contributed by atoms with van der Waals surface area (Å²) < 4.78 is 0.608. The molecule has 0 saturated heterocycles. The Balaban J connectivity index is 1.66. The zero-order chi connectivity index (χ0) is 26.3. The van der Waals surface area contributed by atoms with E-state index in [0.717, 1.165) is 24.3 Å². The summed E-state index contributed by atoms with van der Waals surface area (Å²) in [5.41, 5.74) is 4.33. The van der Waals surface area contributed by atoms with E-state index in [2.05, 4.69) is 83.0 Å². The molecule has 4 rings (SSSR count). The molecule has 0 saturated carbocycles. The van der Waals surface area contributed by atoms with Crippen molar-refractivity contribution in [2.75, 3.05) is 17.2 Å². The average Bonchev–Trinajstić information content (AvgIpc) is 3.13. The molecule has 3 heterocycles. The number of nitrogens with one attached hydrogen (secondary N) is 4. The number of nitrogens with zero attached hydrogens (tertiary/aromatic N) is 3. The van der Waals surface area contributed by atoms with Gasteiger partial charge >= 0.3 is 0 Å². The van der Waals surface area contributed by atoms with E-state index >= 15 is 0 Å². The molecule has 0 fully saturated rings. The summed E-state index contributed by atoms with van der Waals surface area (Å²) in [5, 5.41) is 13.5. The second kappa shape index (κ2) is 9.95. The fraction of sp³-hybridized carbons (Fsp3) is 0.462. The van der Waals surface area contributed by atoms with E-state index in [1.165, 1.54) is 28.7 Å². The molecule has 8 nitrogen and oxygen atoms in total. The van der Waals surface area contributed by atoms with E-state index in [1.54, 1.807) is 0 Å². The Morgan fingerprint density at radius 3 is 2.61 bits per heavy atom. The largest absolute Gasteiger partial charge is 0.350 e. The number of benzene rings is 1. The molecule has 0 spiro atoms. The first-order valence-corrected chi connectivity index (χ1v) is 13.3. The van der Waals surface area contributed by atoms with Crippen LogP contribution in [0.3, 0.4) is 0 Å². The van der Waals surface area contributed by atoms with Gasteiger partial charge in [-0.3, -0.25) is 4.79 Å². The minimum Gasteiger partial charge on any atom is -0.350 e. The van der Waals surface area contributed by atoms with E-state index in [4.69, 9.17) is 11.6 Å². The molecule has 4 N–H and O–H groups in total. The lowest BCUT2D eigenvalue weighted by Gasteiger charge is -2.34. The Hall–Kier alpha value is -2.75. The van der Waals surface area contributed by atoms with Crippen LogP contribution >= 0.6 is 22.9 Å². The van der Waals surface area contributed by atoms with Crippen molar-refractivity contribution in [2.24, 2.45) is 0 Å². The Morgan fingerprint density at radius 1 is 1.19 bits per heavy atom. The van der Waals surface area contributed by atoms with Gasteiger partial charge in [0.15, 0.2) is 10.9 Å². The predicted molar refractivity (Wildman–Crippen MR) is 148 cm³/mol. The van der Waals surface area contributed by atoms with Gasteiger partial charge in [-0.05, 0) is 63.9 Å². The fourth-order valence-corrected chi connectivity index (χ4v) is 5.63. The smallest absolute Gasteiger partial charge is 0.256 e. The van der Waals surface area contributed by atoms with Crippen molar-refractivity contribution >= 4 is 51.4 Å². The highest BCUT2D eigenvalue weighted by Gasteiger charge is 2.27. The molecule has 3 aromatic rings. The standard InChI is InChI=1S/C26H34ClN7OS/c1-14(2)30-22(35)17-13-28-23(31-16-8-9-18-15(12-16)10-11-29-26(18,6)7)33-21(17)34-24-32-19(20(27)36-24)25(3,4)5/h8-9,12-14,29H,10-11H2,1-7H3,(H,30,35)(H2,28,31,32,33,34). The highest BCUT2D eigenvalue weighted by atomic mass is 35.5. The van der Waals surface area contributed by atoms with Crippen LogP contribution in [0.15, 0.2) is 24.4 Å². The van der Waals surface area contributed by atoms with Crippen molar-refractivity contribution in [3.63, 3.8) is 0 Å². The maximum absolute atomic E-state index is 12.9. The minimum absolute atomic E-state index is 0.0285. The van der Waals surface area contributed by atoms with Gasteiger partial charge in [-0.2, -0.15) is 4.98 Å². The van der Waals surface area contributed by atoms with Gasteiger partial charge in [-0.15, -0.1) is 0 Å². The molecule has 0 bridgehead atoms. The summed E-state index contributed by atoms with van der Waals surface area (Å²) in [7, 11) is 0. The highest BCUT2D eigenvalue weighted by Crippen LogP contribution is 2.37. The number of amides is 1. The van der Waals surface area contributed by atoms with E-state index in [-0.39, 0.29) is 22.9 Å². The van der Waals surface area contributed by atoms with Gasteiger partial charge in [0, 0.05) is 28.9 Å². The zero-order valence-corrected chi connectivity index (χ0v) is 23.4. The monoisotopic (exact) mass is 527 g/mol. The molecular formula is C26H34ClN7OS. The maximum Gasteiger partial charge on any atom is 0.256 e. The van der Waals surface area contributed by atoms with Crippen LogP contribution < -0.4 is 21.3 Å². The first-order chi connectivity index (χ1) is 16.8. The lowest BCUT2D eigenvalue weighted by Crippen LogP contribution is -2.42. The van der Waals surface area contributed by atoms with Crippen molar-refractivity contribution in [2.45, 2.75) is 71.9 Å². The summed E-state index contributed by atoms with van der Waals surface area (Å²) in [6, 6.07) is 6.28. The lowest BCUT2D eigenvalue weighted by atomic mass is 9.85. The first-order valence-electron chi connectivity index (χ1n) is 12.1. The number of hydrogen-bond donors (Lipinski definition) is 4. The van der Waals surface area contributed by atoms with Crippen LogP contribution in [-0.4, -0.2) is 33.4 Å². The van der Waals surface area contributed by atoms with Crippen molar-refractivity contribution in [1.29, 1.82) is 0 Å². The highest BCUT2D eigenvalue weighted by molar-refractivity contribution is 7.19. The number of halogens is 1. The number of rotatable bonds is 6. The van der Waals surface area contributed by atoms with Crippen molar-refractivity contribution in [3.05, 3.63) is 51.1 Å². The van der Waals surface area contributed by atoms with Crippen molar-refractivity contribution in [3.8, 4) is 0 Å². The average molecular weight is 528 g/mol. The molecule has 0 aliphatic carbocycles. The summed E-state index contributed by atoms with van der Waals surface area (Å²) >= 11 is 7.79. The topological polar surface area (TPSA) is 104 Å². The van der Waals surface area contributed by atoms with Crippen LogP contribution in [0, 0.1) is 0 Å². The number of aromatic nitrogens is 3. The zero-order valence-electron chi connectivity index (χ0n) is 21.8. The van der Waals surface area contributed by atoms with Gasteiger partial charge in [0.25, 0.3) is 5.91 Å². The van der Waals surface area contributed by atoms with Crippen LogP contribution in [0.1, 0.15) is 75.6 Å². The third-order valence-electron chi connectivity index (χ3n) is 5.97. The maximum atomic E-state index is 12.9. The van der Waals surface area contributed by atoms with Crippen LogP contribution in [0.4, 0.5) is 22.6 Å². The van der Waals surface area contributed by atoms with E-state index < -0.39 is 0 Å². The normalized spacial score (nSPS) is 14.9. The molecule has 1 amide bonds. The van der Waals surface area contributed by atoms with Crippen molar-refractivity contribution < 1.29 is 4.79 Å². The molecule has 0 atom stereocenters. The molecule has 0 radical (unpaired) electrons. The SMILES string of the molecule is CC(C)NC(=O)c1cnc(Nc2ccc3c(c2)CCNC3(C)C)nc1Nc1nc(C(C)(C)C)c(Cl)s1. The Labute approximate surface area is 221 Å². The molecule has 2 aromatic heterocycles. The predicted octanol–water partition coefficient (Wildman–Crippen LogP) is 5.89. The Bertz CT molecular complexity index is 1280. The molecule has 192 valence electrons. The number of carbonyl (C=O) groups excluding carboxylic acids is 1. The second-order valence-corrected chi connectivity index (χ2v) is 12.5. The Kier molecular flexibility index (Phi) is 7.28. The van der Waals surface area contributed by atoms with Crippen LogP contribution in [0.2, 0.25) is 4.34 Å². The minimum atomic E-state index is -0.263. The van der Waals surface area contributed by atoms with Gasteiger partial charge in [0.05, 0.1) is 5.69 Å². The molecule has 0 unspecified atom stereocenters. The van der Waals surface area contributed by atoms with Crippen molar-refractivity contribution in [1.82, 2.24) is 25.6 Å². The van der Waals surface area contributed by atoms with Crippen LogP contribution in [-0.2, 0) is 17.4 Å². The molecule has 1 aliphatic rings. The van der Waals surface area contributed by atoms with E-state index in [1.807, 2.05) is 19.9 Å². The third-order valence-corrected chi connectivity index (χ3v) is 7.14. The number of carbonyl (C=O) groups is 1. The van der Waals surface area contributed by atoms with Gasteiger partial charge in [0.2, 0.25) is 5.95 Å². The second-order valence-electron chi connectivity index (χ2n) is 10.9. The summed E-state index contributed by atoms with van der Waals surface area (Å²) in [6.07, 6.45) is 2.48. The fourth-order valence-electron chi connectivity index (χ4n) is 4.18. The lowest BCUT2D eigenvalue weighted by molar-refractivity contribution is 0.0943. The Morgan fingerprint density at radius 2 is 1.94 bits per heavy atom. The molecule has 36 heavy (non-hydrogen) atoms. The van der Waals surface area contributed by atoms with E-state index in [0.29, 0.717) is 26.8 Å². The molecule has 10 heteroatoms. The number of hydrogen-bond acceptors (Lipinski definition) is 8.